The summed E-state index contributed by atoms with van der Waals surface area (Å²) in [6, 6.07) is 17.5. The molecular weight excluding hydrogens is 400 g/mol. The third kappa shape index (κ3) is 4.07. The molecule has 0 saturated heterocycles. The van der Waals surface area contributed by atoms with Crippen LogP contribution in [0, 0.1) is 0 Å². The van der Waals surface area contributed by atoms with Crippen LogP contribution < -0.4 is 10.2 Å². The number of benzene rings is 2. The van der Waals surface area contributed by atoms with Crippen LogP contribution in [0.3, 0.4) is 0 Å². The molecular formula is C22H23ClN6O. The van der Waals surface area contributed by atoms with Crippen LogP contribution in [-0.4, -0.2) is 38.7 Å². The average molecular weight is 423 g/mol. The second-order valence-corrected chi connectivity index (χ2v) is 7.74. The molecule has 2 aromatic carbocycles. The molecule has 0 bridgehead atoms. The number of nitrogens with one attached hydrogen (secondary N) is 1. The van der Waals surface area contributed by atoms with Crippen molar-refractivity contribution in [3.05, 3.63) is 76.8 Å². The van der Waals surface area contributed by atoms with E-state index >= 15 is 0 Å². The molecule has 8 heteroatoms. The number of carbonyl (C=O) groups excluding carboxylic acids is 1. The van der Waals surface area contributed by atoms with Crippen LogP contribution in [0.5, 0.6) is 0 Å². The maximum absolute atomic E-state index is 12.7. The number of allylic oxidation sites excluding steroid dienone is 1. The van der Waals surface area contributed by atoms with Gasteiger partial charge in [-0.3, -0.25) is 9.69 Å². The van der Waals surface area contributed by atoms with Gasteiger partial charge in [-0.15, -0.1) is 0 Å². The van der Waals surface area contributed by atoms with Gasteiger partial charge in [0, 0.05) is 11.1 Å². The molecule has 1 N–H and O–H groups in total. The normalized spacial score (nSPS) is 16.6. The van der Waals surface area contributed by atoms with Gasteiger partial charge in [-0.1, -0.05) is 66.1 Å². The number of hydrogen-bond acceptors (Lipinski definition) is 5. The van der Waals surface area contributed by atoms with Crippen molar-refractivity contribution in [3.63, 3.8) is 0 Å². The predicted octanol–water partition coefficient (Wildman–Crippen LogP) is 3.69. The van der Waals surface area contributed by atoms with Crippen LogP contribution in [0.2, 0.25) is 5.02 Å². The maximum Gasteiger partial charge on any atom is 0.251 e. The average Bonchev–Trinajstić information content (AvgIpc) is 3.25. The van der Waals surface area contributed by atoms with E-state index in [1.807, 2.05) is 73.3 Å². The van der Waals surface area contributed by atoms with Crippen molar-refractivity contribution >= 4 is 29.2 Å². The van der Waals surface area contributed by atoms with Crippen LogP contribution in [0.15, 0.2) is 60.7 Å². The van der Waals surface area contributed by atoms with Crippen molar-refractivity contribution in [1.82, 2.24) is 25.5 Å². The highest BCUT2D eigenvalue weighted by molar-refractivity contribution is 6.30. The Labute approximate surface area is 180 Å². The van der Waals surface area contributed by atoms with Crippen LogP contribution in [0.4, 0.5) is 5.95 Å². The van der Waals surface area contributed by atoms with Crippen LogP contribution in [0.25, 0.3) is 5.70 Å². The van der Waals surface area contributed by atoms with Gasteiger partial charge >= 0.3 is 0 Å². The number of aromatic nitrogens is 4. The molecule has 0 spiro atoms. The van der Waals surface area contributed by atoms with Crippen molar-refractivity contribution in [2.24, 2.45) is 0 Å². The molecule has 2 heterocycles. The second-order valence-electron chi connectivity index (χ2n) is 7.30. The van der Waals surface area contributed by atoms with Crippen molar-refractivity contribution < 1.29 is 4.79 Å². The maximum atomic E-state index is 12.7. The second kappa shape index (κ2) is 8.67. The minimum atomic E-state index is -0.212. The zero-order valence-electron chi connectivity index (χ0n) is 16.9. The van der Waals surface area contributed by atoms with E-state index in [9.17, 15) is 4.79 Å². The molecule has 0 fully saturated rings. The third-order valence-electron chi connectivity index (χ3n) is 5.19. The van der Waals surface area contributed by atoms with E-state index in [4.69, 9.17) is 11.6 Å². The molecule has 3 aromatic rings. The SMILES string of the molecule is CC[C@H](C)NC(=O)CN1C(c2ccccc2)=C[C@@H](c2ccc(Cl)cc2)n2nnnc21. The van der Waals surface area contributed by atoms with Crippen molar-refractivity contribution in [3.8, 4) is 0 Å². The third-order valence-corrected chi connectivity index (χ3v) is 5.44. The van der Waals surface area contributed by atoms with E-state index in [-0.39, 0.29) is 24.5 Å². The summed E-state index contributed by atoms with van der Waals surface area (Å²) in [7, 11) is 0. The number of hydrogen-bond donors (Lipinski definition) is 1. The first-order chi connectivity index (χ1) is 14.6. The van der Waals surface area contributed by atoms with Gasteiger partial charge in [-0.25, -0.2) is 0 Å². The predicted molar refractivity (Wildman–Crippen MR) is 117 cm³/mol. The number of rotatable bonds is 6. The number of anilines is 1. The summed E-state index contributed by atoms with van der Waals surface area (Å²) in [6.07, 6.45) is 2.95. The minimum Gasteiger partial charge on any atom is -0.352 e. The molecule has 1 aromatic heterocycles. The zero-order valence-corrected chi connectivity index (χ0v) is 17.6. The van der Waals surface area contributed by atoms with Gasteiger partial charge in [-0.05, 0) is 53.1 Å². The summed E-state index contributed by atoms with van der Waals surface area (Å²) >= 11 is 6.07. The van der Waals surface area contributed by atoms with Gasteiger partial charge in [0.15, 0.2) is 0 Å². The van der Waals surface area contributed by atoms with Gasteiger partial charge in [0.1, 0.15) is 12.6 Å². The highest BCUT2D eigenvalue weighted by Gasteiger charge is 2.32. The molecule has 4 rings (SSSR count). The zero-order chi connectivity index (χ0) is 21.1. The Balaban J connectivity index is 1.76. The van der Waals surface area contributed by atoms with Crippen molar-refractivity contribution in [2.75, 3.05) is 11.4 Å². The van der Waals surface area contributed by atoms with E-state index in [0.717, 1.165) is 23.2 Å². The first-order valence-electron chi connectivity index (χ1n) is 9.94. The highest BCUT2D eigenvalue weighted by Crippen LogP contribution is 2.36. The Morgan fingerprint density at radius 2 is 1.90 bits per heavy atom. The summed E-state index contributed by atoms with van der Waals surface area (Å²) < 4.78 is 1.73. The Morgan fingerprint density at radius 1 is 1.17 bits per heavy atom. The van der Waals surface area contributed by atoms with Crippen LogP contribution >= 0.6 is 11.6 Å². The minimum absolute atomic E-state index is 0.0781. The lowest BCUT2D eigenvalue weighted by molar-refractivity contribution is -0.120. The molecule has 0 radical (unpaired) electrons. The Hall–Kier alpha value is -3.19. The monoisotopic (exact) mass is 422 g/mol. The van der Waals surface area contributed by atoms with Gasteiger partial charge in [-0.2, -0.15) is 4.68 Å². The quantitative estimate of drug-likeness (QED) is 0.655. The summed E-state index contributed by atoms with van der Waals surface area (Å²) in [6.45, 7) is 4.15. The number of fused-ring (bicyclic) bond motifs is 1. The first kappa shape index (κ1) is 20.1. The molecule has 1 aliphatic rings. The molecule has 0 unspecified atom stereocenters. The molecule has 1 amide bonds. The number of amides is 1. The van der Waals surface area contributed by atoms with Gasteiger partial charge in [0.05, 0.1) is 5.70 Å². The molecule has 154 valence electrons. The Morgan fingerprint density at radius 3 is 2.60 bits per heavy atom. The van der Waals surface area contributed by atoms with E-state index in [1.165, 1.54) is 0 Å². The summed E-state index contributed by atoms with van der Waals surface area (Å²) in [5.74, 6) is 0.446. The molecule has 7 nitrogen and oxygen atoms in total. The largest absolute Gasteiger partial charge is 0.352 e. The molecule has 30 heavy (non-hydrogen) atoms. The standard InChI is InChI=1S/C22H23ClN6O/c1-3-15(2)24-21(30)14-28-19(16-7-5-4-6-8-16)13-20(29-22(28)25-26-27-29)17-9-11-18(23)12-10-17/h4-13,15,20H,3,14H2,1-2H3,(H,24,30)/t15-,20-/m0/s1. The van der Waals surface area contributed by atoms with Crippen molar-refractivity contribution in [2.45, 2.75) is 32.4 Å². The van der Waals surface area contributed by atoms with E-state index < -0.39 is 0 Å². The molecule has 0 saturated carbocycles. The molecule has 1 aliphatic heterocycles. The Kier molecular flexibility index (Phi) is 5.81. The van der Waals surface area contributed by atoms with Gasteiger partial charge < -0.3 is 5.32 Å². The number of tetrazole rings is 1. The topological polar surface area (TPSA) is 75.9 Å². The van der Waals surface area contributed by atoms with E-state index in [2.05, 4.69) is 26.9 Å². The Bertz CT molecular complexity index is 1050. The lowest BCUT2D eigenvalue weighted by atomic mass is 10.0. The van der Waals surface area contributed by atoms with Gasteiger partial charge in [0.25, 0.3) is 5.95 Å². The summed E-state index contributed by atoms with van der Waals surface area (Å²) in [5.41, 5.74) is 2.88. The number of halogens is 1. The van der Waals surface area contributed by atoms with E-state index in [1.54, 1.807) is 4.68 Å². The van der Waals surface area contributed by atoms with Crippen LogP contribution in [0.1, 0.15) is 37.4 Å². The fourth-order valence-corrected chi connectivity index (χ4v) is 3.57. The lowest BCUT2D eigenvalue weighted by Gasteiger charge is -2.32. The van der Waals surface area contributed by atoms with E-state index in [0.29, 0.717) is 11.0 Å². The smallest absolute Gasteiger partial charge is 0.251 e. The first-order valence-corrected chi connectivity index (χ1v) is 10.3. The fourth-order valence-electron chi connectivity index (χ4n) is 3.44. The van der Waals surface area contributed by atoms with Gasteiger partial charge in [0.2, 0.25) is 5.91 Å². The lowest BCUT2D eigenvalue weighted by Crippen LogP contribution is -2.42. The van der Waals surface area contributed by atoms with Crippen LogP contribution in [-0.2, 0) is 4.79 Å². The summed E-state index contributed by atoms with van der Waals surface area (Å²) in [4.78, 5) is 14.6. The summed E-state index contributed by atoms with van der Waals surface area (Å²) in [5, 5.41) is 16.0. The van der Waals surface area contributed by atoms with Crippen molar-refractivity contribution in [1.29, 1.82) is 0 Å². The number of carbonyl (C=O) groups is 1. The fraction of sp³-hybridized carbons (Fsp3) is 0.273. The molecule has 0 aliphatic carbocycles. The highest BCUT2D eigenvalue weighted by atomic mass is 35.5. The molecule has 2 atom stereocenters. The number of nitrogens with zero attached hydrogens (tertiary/aromatic N) is 5.